The molecular formula is C16H13BrO3. The van der Waals surface area contributed by atoms with Gasteiger partial charge in [-0.15, -0.1) is 0 Å². The van der Waals surface area contributed by atoms with Gasteiger partial charge in [-0.25, -0.2) is 0 Å². The molecule has 20 heavy (non-hydrogen) atoms. The van der Waals surface area contributed by atoms with E-state index in [9.17, 15) is 5.11 Å². The van der Waals surface area contributed by atoms with Crippen LogP contribution in [0.3, 0.4) is 0 Å². The summed E-state index contributed by atoms with van der Waals surface area (Å²) in [6.07, 6.45) is -0.815. The van der Waals surface area contributed by atoms with Crippen LogP contribution in [-0.4, -0.2) is 12.2 Å². The zero-order valence-corrected chi connectivity index (χ0v) is 12.4. The second kappa shape index (κ2) is 5.31. The number of furan rings is 1. The summed E-state index contributed by atoms with van der Waals surface area (Å²) in [4.78, 5) is 0. The third-order valence-electron chi connectivity index (χ3n) is 3.19. The van der Waals surface area contributed by atoms with E-state index in [0.29, 0.717) is 11.5 Å². The summed E-state index contributed by atoms with van der Waals surface area (Å²) in [5.74, 6) is 1.22. The second-order valence-electron chi connectivity index (χ2n) is 4.49. The Morgan fingerprint density at radius 1 is 1.15 bits per heavy atom. The van der Waals surface area contributed by atoms with Gasteiger partial charge in [0, 0.05) is 5.39 Å². The van der Waals surface area contributed by atoms with Crippen molar-refractivity contribution in [1.29, 1.82) is 0 Å². The van der Waals surface area contributed by atoms with Crippen LogP contribution in [0.15, 0.2) is 57.4 Å². The average Bonchev–Trinajstić information content (AvgIpc) is 2.92. The maximum absolute atomic E-state index is 10.4. The first-order valence-corrected chi connectivity index (χ1v) is 6.98. The van der Waals surface area contributed by atoms with E-state index >= 15 is 0 Å². The molecule has 0 amide bonds. The number of aliphatic hydroxyl groups is 1. The van der Waals surface area contributed by atoms with Gasteiger partial charge in [0.25, 0.3) is 0 Å². The van der Waals surface area contributed by atoms with Gasteiger partial charge in [0.15, 0.2) is 0 Å². The number of aliphatic hydroxyl groups excluding tert-OH is 1. The topological polar surface area (TPSA) is 42.6 Å². The molecule has 1 atom stereocenters. The number of benzene rings is 2. The maximum Gasteiger partial charge on any atom is 0.148 e. The first kappa shape index (κ1) is 13.2. The molecule has 0 saturated carbocycles. The Hall–Kier alpha value is -1.78. The number of halogens is 1. The molecule has 0 bridgehead atoms. The third kappa shape index (κ3) is 2.32. The van der Waals surface area contributed by atoms with Gasteiger partial charge in [-0.3, -0.25) is 0 Å². The molecular weight excluding hydrogens is 320 g/mol. The van der Waals surface area contributed by atoms with Crippen LogP contribution < -0.4 is 4.74 Å². The van der Waals surface area contributed by atoms with E-state index in [1.165, 1.54) is 0 Å². The standard InChI is InChI=1S/C16H13BrO3/c1-19-12-6-2-4-10(8-12)15(18)14-9-11-5-3-7-13(17)16(11)20-14/h2-9,15,18H,1H3. The summed E-state index contributed by atoms with van der Waals surface area (Å²) < 4.78 is 11.8. The molecule has 0 saturated heterocycles. The number of para-hydroxylation sites is 1. The van der Waals surface area contributed by atoms with Crippen molar-refractivity contribution in [3.05, 3.63) is 64.3 Å². The Morgan fingerprint density at radius 3 is 2.70 bits per heavy atom. The van der Waals surface area contributed by atoms with Gasteiger partial charge in [-0.05, 0) is 45.8 Å². The molecule has 1 heterocycles. The molecule has 4 heteroatoms. The molecule has 1 N–H and O–H groups in total. The quantitative estimate of drug-likeness (QED) is 0.778. The predicted molar refractivity (Wildman–Crippen MR) is 81.0 cm³/mol. The van der Waals surface area contributed by atoms with E-state index in [2.05, 4.69) is 15.9 Å². The van der Waals surface area contributed by atoms with Crippen LogP contribution in [-0.2, 0) is 0 Å². The van der Waals surface area contributed by atoms with Gasteiger partial charge in [0.2, 0.25) is 0 Å². The molecule has 3 rings (SSSR count). The molecule has 0 radical (unpaired) electrons. The van der Waals surface area contributed by atoms with Crippen molar-refractivity contribution >= 4 is 26.9 Å². The van der Waals surface area contributed by atoms with Gasteiger partial charge < -0.3 is 14.3 Å². The Balaban J connectivity index is 2.03. The van der Waals surface area contributed by atoms with Crippen LogP contribution in [0, 0.1) is 0 Å². The van der Waals surface area contributed by atoms with Gasteiger partial charge in [-0.1, -0.05) is 24.3 Å². The lowest BCUT2D eigenvalue weighted by Gasteiger charge is -2.09. The Labute approximate surface area is 124 Å². The van der Waals surface area contributed by atoms with Crippen molar-refractivity contribution in [2.24, 2.45) is 0 Å². The molecule has 0 spiro atoms. The summed E-state index contributed by atoms with van der Waals surface area (Å²) in [7, 11) is 1.60. The molecule has 0 aliphatic heterocycles. The molecule has 2 aromatic carbocycles. The molecule has 0 fully saturated rings. The normalized spacial score (nSPS) is 12.6. The number of methoxy groups -OCH3 is 1. The Morgan fingerprint density at radius 2 is 1.95 bits per heavy atom. The summed E-state index contributed by atoms with van der Waals surface area (Å²) in [6, 6.07) is 15.0. The third-order valence-corrected chi connectivity index (χ3v) is 3.82. The average molecular weight is 333 g/mol. The van der Waals surface area contributed by atoms with Crippen molar-refractivity contribution in [1.82, 2.24) is 0 Å². The van der Waals surface area contributed by atoms with Crippen LogP contribution in [0.4, 0.5) is 0 Å². The lowest BCUT2D eigenvalue weighted by Crippen LogP contribution is -1.98. The molecule has 3 nitrogen and oxygen atoms in total. The second-order valence-corrected chi connectivity index (χ2v) is 5.34. The minimum atomic E-state index is -0.815. The van der Waals surface area contributed by atoms with Crippen molar-refractivity contribution in [3.8, 4) is 5.75 Å². The number of hydrogen-bond acceptors (Lipinski definition) is 3. The first-order chi connectivity index (χ1) is 9.69. The van der Waals surface area contributed by atoms with Crippen LogP contribution in [0.5, 0.6) is 5.75 Å². The Bertz CT molecular complexity index is 748. The van der Waals surface area contributed by atoms with Crippen molar-refractivity contribution in [2.45, 2.75) is 6.10 Å². The van der Waals surface area contributed by atoms with Crippen molar-refractivity contribution in [2.75, 3.05) is 7.11 Å². The highest BCUT2D eigenvalue weighted by Crippen LogP contribution is 2.32. The van der Waals surface area contributed by atoms with E-state index in [0.717, 1.165) is 21.0 Å². The van der Waals surface area contributed by atoms with E-state index in [1.807, 2.05) is 42.5 Å². The Kier molecular flexibility index (Phi) is 3.51. The van der Waals surface area contributed by atoms with Crippen LogP contribution >= 0.6 is 15.9 Å². The molecule has 3 aromatic rings. The SMILES string of the molecule is COc1cccc(C(O)c2cc3cccc(Br)c3o2)c1. The number of hydrogen-bond donors (Lipinski definition) is 1. The highest BCUT2D eigenvalue weighted by atomic mass is 79.9. The number of ether oxygens (including phenoxy) is 1. The predicted octanol–water partition coefficient (Wildman–Crippen LogP) is 4.29. The lowest BCUT2D eigenvalue weighted by atomic mass is 10.1. The monoisotopic (exact) mass is 332 g/mol. The molecule has 1 unspecified atom stereocenters. The fraction of sp³-hybridized carbons (Fsp3) is 0.125. The summed E-state index contributed by atoms with van der Waals surface area (Å²) in [5.41, 5.74) is 1.48. The summed E-state index contributed by atoms with van der Waals surface area (Å²) in [6.45, 7) is 0. The first-order valence-electron chi connectivity index (χ1n) is 6.19. The lowest BCUT2D eigenvalue weighted by molar-refractivity contribution is 0.192. The van der Waals surface area contributed by atoms with E-state index < -0.39 is 6.10 Å². The molecule has 102 valence electrons. The smallest absolute Gasteiger partial charge is 0.148 e. The maximum atomic E-state index is 10.4. The highest BCUT2D eigenvalue weighted by molar-refractivity contribution is 9.10. The number of rotatable bonds is 3. The zero-order valence-electron chi connectivity index (χ0n) is 10.8. The van der Waals surface area contributed by atoms with Crippen molar-refractivity contribution < 1.29 is 14.3 Å². The van der Waals surface area contributed by atoms with Crippen LogP contribution in [0.1, 0.15) is 17.4 Å². The van der Waals surface area contributed by atoms with Crippen LogP contribution in [0.25, 0.3) is 11.0 Å². The van der Waals surface area contributed by atoms with Crippen LogP contribution in [0.2, 0.25) is 0 Å². The molecule has 0 aliphatic carbocycles. The van der Waals surface area contributed by atoms with Gasteiger partial charge in [0.1, 0.15) is 23.2 Å². The van der Waals surface area contributed by atoms with Gasteiger partial charge in [0.05, 0.1) is 11.6 Å². The van der Waals surface area contributed by atoms with Gasteiger partial charge >= 0.3 is 0 Å². The minimum Gasteiger partial charge on any atom is -0.497 e. The fourth-order valence-corrected chi connectivity index (χ4v) is 2.62. The largest absolute Gasteiger partial charge is 0.497 e. The fourth-order valence-electron chi connectivity index (χ4n) is 2.16. The molecule has 0 aliphatic rings. The van der Waals surface area contributed by atoms with E-state index in [-0.39, 0.29) is 0 Å². The minimum absolute atomic E-state index is 0.514. The van der Waals surface area contributed by atoms with E-state index in [1.54, 1.807) is 13.2 Å². The highest BCUT2D eigenvalue weighted by Gasteiger charge is 2.17. The summed E-state index contributed by atoms with van der Waals surface area (Å²) >= 11 is 3.44. The van der Waals surface area contributed by atoms with E-state index in [4.69, 9.17) is 9.15 Å². The van der Waals surface area contributed by atoms with Crippen molar-refractivity contribution in [3.63, 3.8) is 0 Å². The zero-order chi connectivity index (χ0) is 14.1. The molecule has 1 aromatic heterocycles. The number of fused-ring (bicyclic) bond motifs is 1. The summed E-state index contributed by atoms with van der Waals surface area (Å²) in [5, 5.41) is 11.4. The van der Waals surface area contributed by atoms with Gasteiger partial charge in [-0.2, -0.15) is 0 Å².